The quantitative estimate of drug-likeness (QED) is 0.161. The van der Waals surface area contributed by atoms with E-state index in [9.17, 15) is 0 Å². The van der Waals surface area contributed by atoms with Gasteiger partial charge in [0.2, 0.25) is 0 Å². The van der Waals surface area contributed by atoms with Crippen LogP contribution in [0.1, 0.15) is 73.9 Å². The largest absolute Gasteiger partial charge is 0.310 e. The molecule has 60 heavy (non-hydrogen) atoms. The minimum absolute atomic E-state index is 0.00176. The van der Waals surface area contributed by atoms with Crippen LogP contribution < -0.4 is 4.90 Å². The molecule has 3 aliphatic rings. The van der Waals surface area contributed by atoms with Crippen molar-refractivity contribution >= 4 is 38.6 Å². The zero-order chi connectivity index (χ0) is 40.4. The molecule has 12 rings (SSSR count). The molecule has 0 saturated carbocycles. The third-order valence-corrected chi connectivity index (χ3v) is 14.5. The summed E-state index contributed by atoms with van der Waals surface area (Å²) in [6, 6.07) is 71.3. The zero-order valence-corrected chi connectivity index (χ0v) is 34.8. The van der Waals surface area contributed by atoms with Gasteiger partial charge < -0.3 is 4.90 Å². The lowest BCUT2D eigenvalue weighted by Crippen LogP contribution is -2.34. The third kappa shape index (κ3) is 4.81. The summed E-state index contributed by atoms with van der Waals surface area (Å²) < 4.78 is 0. The number of hydrogen-bond acceptors (Lipinski definition) is 1. The molecule has 1 spiro atoms. The van der Waals surface area contributed by atoms with Crippen LogP contribution in [0.3, 0.4) is 0 Å². The number of para-hydroxylation sites is 1. The van der Waals surface area contributed by atoms with E-state index in [1.807, 2.05) is 0 Å². The second-order valence-electron chi connectivity index (χ2n) is 18.7. The molecule has 0 aromatic heterocycles. The molecule has 9 aromatic carbocycles. The molecular weight excluding hydrogens is 723 g/mol. The molecule has 0 N–H and O–H groups in total. The van der Waals surface area contributed by atoms with Crippen LogP contribution in [0.4, 0.5) is 17.1 Å². The highest BCUT2D eigenvalue weighted by Crippen LogP contribution is 2.64. The molecule has 0 aliphatic heterocycles. The summed E-state index contributed by atoms with van der Waals surface area (Å²) in [6.07, 6.45) is 2.31. The normalized spacial score (nSPS) is 15.9. The van der Waals surface area contributed by atoms with Crippen molar-refractivity contribution in [2.24, 2.45) is 0 Å². The number of benzene rings is 9. The van der Waals surface area contributed by atoms with Crippen molar-refractivity contribution < 1.29 is 0 Å². The summed E-state index contributed by atoms with van der Waals surface area (Å²) >= 11 is 0. The lowest BCUT2D eigenvalue weighted by Gasteiger charge is -2.43. The lowest BCUT2D eigenvalue weighted by molar-refractivity contribution is 0.333. The molecule has 0 heterocycles. The predicted molar refractivity (Wildman–Crippen MR) is 253 cm³/mol. The Morgan fingerprint density at radius 3 is 1.62 bits per heavy atom. The van der Waals surface area contributed by atoms with Gasteiger partial charge in [0, 0.05) is 16.9 Å². The van der Waals surface area contributed by atoms with Crippen LogP contribution in [0.5, 0.6) is 0 Å². The van der Waals surface area contributed by atoms with Gasteiger partial charge in [-0.15, -0.1) is 0 Å². The highest BCUT2D eigenvalue weighted by Gasteiger charge is 2.52. The van der Waals surface area contributed by atoms with Crippen molar-refractivity contribution in [1.29, 1.82) is 0 Å². The van der Waals surface area contributed by atoms with Crippen LogP contribution in [0.25, 0.3) is 54.9 Å². The average Bonchev–Trinajstić information content (AvgIpc) is 3.75. The van der Waals surface area contributed by atoms with E-state index in [4.69, 9.17) is 0 Å². The van der Waals surface area contributed by atoms with Crippen LogP contribution in [-0.2, 0) is 16.2 Å². The Morgan fingerprint density at radius 2 is 0.900 bits per heavy atom. The smallest absolute Gasteiger partial charge is 0.0726 e. The van der Waals surface area contributed by atoms with Crippen LogP contribution in [0.15, 0.2) is 188 Å². The highest BCUT2D eigenvalue weighted by molar-refractivity contribution is 6.09. The van der Waals surface area contributed by atoms with Gasteiger partial charge in [-0.2, -0.15) is 0 Å². The first-order valence-electron chi connectivity index (χ1n) is 21.6. The fourth-order valence-corrected chi connectivity index (χ4v) is 11.6. The molecule has 0 bridgehead atoms. The maximum absolute atomic E-state index is 2.60. The van der Waals surface area contributed by atoms with Gasteiger partial charge in [0.05, 0.1) is 11.1 Å². The first kappa shape index (κ1) is 35.3. The molecule has 9 aromatic rings. The topological polar surface area (TPSA) is 3.24 Å². The first-order chi connectivity index (χ1) is 29.3. The molecule has 0 saturated heterocycles. The highest BCUT2D eigenvalue weighted by atomic mass is 15.1. The minimum Gasteiger partial charge on any atom is -0.310 e. The van der Waals surface area contributed by atoms with Crippen molar-refractivity contribution in [3.05, 3.63) is 221 Å². The summed E-state index contributed by atoms with van der Waals surface area (Å²) in [5.41, 5.74) is 19.4. The van der Waals surface area contributed by atoms with Crippen molar-refractivity contribution in [2.45, 2.75) is 56.8 Å². The molecule has 0 amide bonds. The van der Waals surface area contributed by atoms with Gasteiger partial charge in [0.15, 0.2) is 0 Å². The Balaban J connectivity index is 1.23. The van der Waals surface area contributed by atoms with Crippen LogP contribution in [0.2, 0.25) is 0 Å². The van der Waals surface area contributed by atoms with E-state index in [1.54, 1.807) is 0 Å². The fraction of sp³-hybridized carbons (Fsp3) is 0.153. The number of fused-ring (bicyclic) bond motifs is 14. The first-order valence-corrected chi connectivity index (χ1v) is 21.6. The number of nitrogens with zero attached hydrogens (tertiary/aromatic N) is 1. The van der Waals surface area contributed by atoms with Crippen molar-refractivity contribution in [1.82, 2.24) is 0 Å². The zero-order valence-electron chi connectivity index (χ0n) is 34.8. The molecule has 0 fully saturated rings. The van der Waals surface area contributed by atoms with Gasteiger partial charge in [-0.1, -0.05) is 179 Å². The Bertz CT molecular complexity index is 3170. The van der Waals surface area contributed by atoms with Gasteiger partial charge in [0.25, 0.3) is 0 Å². The fourth-order valence-electron chi connectivity index (χ4n) is 11.6. The van der Waals surface area contributed by atoms with Crippen LogP contribution in [-0.4, -0.2) is 0 Å². The van der Waals surface area contributed by atoms with E-state index >= 15 is 0 Å². The molecule has 1 heteroatoms. The van der Waals surface area contributed by atoms with Crippen molar-refractivity contribution in [3.8, 4) is 33.4 Å². The Labute approximate surface area is 353 Å². The number of anilines is 3. The molecule has 288 valence electrons. The van der Waals surface area contributed by atoms with E-state index in [0.717, 1.165) is 17.8 Å². The molecule has 0 atom stereocenters. The van der Waals surface area contributed by atoms with Gasteiger partial charge >= 0.3 is 0 Å². The lowest BCUT2D eigenvalue weighted by atomic mass is 9.61. The van der Waals surface area contributed by atoms with E-state index in [1.165, 1.54) is 100 Å². The molecule has 0 radical (unpaired) electrons. The summed E-state index contributed by atoms with van der Waals surface area (Å²) in [5, 5.41) is 5.05. The SMILES string of the molecule is CC1(C)CCC(C)(C)c2c(-c3cc4c(cc3N(c3ccccc3)c3ccc5c(ccc6ccccc65)c3)C3(c5ccccc5-c5ccccc53)c3ccccc3-4)cccc21. The summed E-state index contributed by atoms with van der Waals surface area (Å²) in [7, 11) is 0. The van der Waals surface area contributed by atoms with Gasteiger partial charge in [-0.05, 0) is 143 Å². The summed E-state index contributed by atoms with van der Waals surface area (Å²) in [6.45, 7) is 9.82. The predicted octanol–water partition coefficient (Wildman–Crippen LogP) is 15.8. The summed E-state index contributed by atoms with van der Waals surface area (Å²) in [4.78, 5) is 2.55. The monoisotopic (exact) mass is 769 g/mol. The van der Waals surface area contributed by atoms with Crippen molar-refractivity contribution in [3.63, 3.8) is 0 Å². The van der Waals surface area contributed by atoms with E-state index in [-0.39, 0.29) is 10.8 Å². The molecule has 3 aliphatic carbocycles. The Kier molecular flexibility index (Phi) is 7.44. The average molecular weight is 770 g/mol. The van der Waals surface area contributed by atoms with Gasteiger partial charge in [-0.25, -0.2) is 0 Å². The van der Waals surface area contributed by atoms with E-state index in [0.29, 0.717) is 0 Å². The van der Waals surface area contributed by atoms with Gasteiger partial charge in [-0.3, -0.25) is 0 Å². The Hall–Kier alpha value is -6.70. The second kappa shape index (κ2) is 12.7. The summed E-state index contributed by atoms with van der Waals surface area (Å²) in [5.74, 6) is 0. The maximum Gasteiger partial charge on any atom is 0.0726 e. The number of hydrogen-bond donors (Lipinski definition) is 0. The van der Waals surface area contributed by atoms with E-state index < -0.39 is 5.41 Å². The molecular formula is C59H47N. The standard InChI is InChI=1S/C59H47N/c1-57(2)33-34-58(3,4)56-47(24-16-28-53(56)57)49-36-48-46-23-12-15-27-52(46)59(50-25-13-10-21-44(50)45-22-11-14-26-51(45)59)54(48)37-55(49)60(40-18-6-5-7-19-40)41-31-32-43-39(35-41)30-29-38-17-8-9-20-42(38)43/h5-32,35-37H,33-34H2,1-4H3. The van der Waals surface area contributed by atoms with Gasteiger partial charge in [0.1, 0.15) is 0 Å². The molecule has 1 nitrogen and oxygen atoms in total. The maximum atomic E-state index is 2.60. The molecule has 0 unspecified atom stereocenters. The second-order valence-corrected chi connectivity index (χ2v) is 18.7. The number of rotatable bonds is 4. The minimum atomic E-state index is -0.464. The Morgan fingerprint density at radius 1 is 0.350 bits per heavy atom. The van der Waals surface area contributed by atoms with Crippen LogP contribution >= 0.6 is 0 Å². The van der Waals surface area contributed by atoms with E-state index in [2.05, 4.69) is 221 Å². The van der Waals surface area contributed by atoms with Crippen LogP contribution in [0, 0.1) is 0 Å². The third-order valence-electron chi connectivity index (χ3n) is 14.5. The van der Waals surface area contributed by atoms with Crippen molar-refractivity contribution in [2.75, 3.05) is 4.90 Å².